The third kappa shape index (κ3) is 5.29. The number of hydrogen-bond donors (Lipinski definition) is 1. The van der Waals surface area contributed by atoms with Crippen molar-refractivity contribution in [2.75, 3.05) is 26.6 Å². The Bertz CT molecular complexity index is 1260. The summed E-state index contributed by atoms with van der Waals surface area (Å²) < 4.78 is 23.0. The highest BCUT2D eigenvalue weighted by Crippen LogP contribution is 2.32. The predicted molar refractivity (Wildman–Crippen MR) is 127 cm³/mol. The maximum Gasteiger partial charge on any atom is 0.325 e. The van der Waals surface area contributed by atoms with Gasteiger partial charge in [0, 0.05) is 28.2 Å². The molecule has 1 aliphatic rings. The van der Waals surface area contributed by atoms with Crippen LogP contribution in [0.5, 0.6) is 17.2 Å². The van der Waals surface area contributed by atoms with Crippen LogP contribution in [-0.4, -0.2) is 48.8 Å². The van der Waals surface area contributed by atoms with Gasteiger partial charge in [-0.2, -0.15) is 0 Å². The molecule has 2 heterocycles. The number of aryl methyl sites for hydroxylation is 1. The number of amides is 1. The van der Waals surface area contributed by atoms with Gasteiger partial charge < -0.3 is 28.8 Å². The Morgan fingerprint density at radius 1 is 1.00 bits per heavy atom. The van der Waals surface area contributed by atoms with Crippen molar-refractivity contribution in [2.24, 2.45) is 0 Å². The minimum Gasteiger partial charge on any atom is -0.494 e. The fourth-order valence-electron chi connectivity index (χ4n) is 3.87. The highest BCUT2D eigenvalue weighted by atomic mass is 16.7. The summed E-state index contributed by atoms with van der Waals surface area (Å²) in [5, 5.41) is 2.48. The monoisotopic (exact) mass is 478 g/mol. The number of esters is 1. The molecular formula is C26H26N2O7. The number of Topliss-reactive ketones (excluding diaryl/α,β-unsaturated/α-hetero) is 1. The smallest absolute Gasteiger partial charge is 0.325 e. The van der Waals surface area contributed by atoms with E-state index in [1.807, 2.05) is 49.6 Å². The van der Waals surface area contributed by atoms with Crippen molar-refractivity contribution in [1.29, 1.82) is 0 Å². The van der Waals surface area contributed by atoms with Gasteiger partial charge in [0.05, 0.1) is 6.61 Å². The maximum atomic E-state index is 12.8. The first-order valence-corrected chi connectivity index (χ1v) is 11.2. The summed E-state index contributed by atoms with van der Waals surface area (Å²) in [4.78, 5) is 37.2. The number of carbonyl (C=O) groups excluding carboxylic acids is 3. The number of nitrogens with zero attached hydrogens (tertiary/aromatic N) is 1. The van der Waals surface area contributed by atoms with Gasteiger partial charge in [-0.05, 0) is 69.3 Å². The number of carbonyl (C=O) groups is 3. The average molecular weight is 479 g/mol. The summed E-state index contributed by atoms with van der Waals surface area (Å²) >= 11 is 0. The van der Waals surface area contributed by atoms with Gasteiger partial charge in [-0.1, -0.05) is 0 Å². The number of rotatable bonds is 9. The first kappa shape index (κ1) is 23.9. The zero-order valence-corrected chi connectivity index (χ0v) is 19.8. The van der Waals surface area contributed by atoms with Crippen molar-refractivity contribution in [2.45, 2.75) is 20.8 Å². The Kier molecular flexibility index (Phi) is 7.05. The number of hydrogen-bond acceptors (Lipinski definition) is 7. The van der Waals surface area contributed by atoms with Gasteiger partial charge >= 0.3 is 5.97 Å². The predicted octanol–water partition coefficient (Wildman–Crippen LogP) is 3.38. The van der Waals surface area contributed by atoms with Crippen molar-refractivity contribution in [3.63, 3.8) is 0 Å². The molecule has 4 rings (SSSR count). The molecule has 3 aromatic rings. The minimum atomic E-state index is -0.715. The second-order valence-corrected chi connectivity index (χ2v) is 7.88. The largest absolute Gasteiger partial charge is 0.494 e. The average Bonchev–Trinajstić information content (AvgIpc) is 3.45. The number of aromatic nitrogens is 1. The second-order valence-electron chi connectivity index (χ2n) is 7.88. The number of ketones is 1. The van der Waals surface area contributed by atoms with E-state index >= 15 is 0 Å². The third-order valence-corrected chi connectivity index (χ3v) is 5.53. The fraction of sp³-hybridized carbons (Fsp3) is 0.269. The molecule has 35 heavy (non-hydrogen) atoms. The lowest BCUT2D eigenvalue weighted by Crippen LogP contribution is -2.31. The van der Waals surface area contributed by atoms with Gasteiger partial charge in [0.15, 0.2) is 18.1 Å². The molecule has 1 aliphatic heterocycles. The number of nitrogens with one attached hydrogen (secondary N) is 1. The van der Waals surface area contributed by atoms with Crippen molar-refractivity contribution in [3.05, 3.63) is 71.0 Å². The van der Waals surface area contributed by atoms with E-state index in [1.54, 1.807) is 18.2 Å². The summed E-state index contributed by atoms with van der Waals surface area (Å²) in [6.45, 7) is 5.55. The van der Waals surface area contributed by atoms with Crippen LogP contribution in [0.2, 0.25) is 0 Å². The van der Waals surface area contributed by atoms with Crippen LogP contribution in [0, 0.1) is 13.8 Å². The van der Waals surface area contributed by atoms with Gasteiger partial charge in [0.1, 0.15) is 12.3 Å². The minimum absolute atomic E-state index is 0.101. The highest BCUT2D eigenvalue weighted by molar-refractivity contribution is 6.00. The number of fused-ring (bicyclic) bond motifs is 1. The summed E-state index contributed by atoms with van der Waals surface area (Å²) in [6, 6.07) is 14.1. The molecule has 1 N–H and O–H groups in total. The summed E-state index contributed by atoms with van der Waals surface area (Å²) in [7, 11) is 0. The van der Waals surface area contributed by atoms with Crippen molar-refractivity contribution >= 4 is 17.7 Å². The summed E-state index contributed by atoms with van der Waals surface area (Å²) in [5.74, 6) is 0.284. The summed E-state index contributed by atoms with van der Waals surface area (Å²) in [5.41, 5.74) is 3.29. The topological polar surface area (TPSA) is 105 Å². The van der Waals surface area contributed by atoms with Crippen LogP contribution < -0.4 is 19.5 Å². The molecule has 0 spiro atoms. The van der Waals surface area contributed by atoms with E-state index in [0.717, 1.165) is 22.8 Å². The lowest BCUT2D eigenvalue weighted by atomic mass is 10.1. The SMILES string of the molecule is CCOc1ccc(-n2c(C)cc(C(=O)COC(=O)CNC(=O)c3ccc4c(c3)OCO4)c2C)cc1. The van der Waals surface area contributed by atoms with E-state index in [4.69, 9.17) is 18.9 Å². The lowest BCUT2D eigenvalue weighted by Gasteiger charge is -2.11. The molecule has 1 amide bonds. The van der Waals surface area contributed by atoms with Crippen LogP contribution in [0.1, 0.15) is 39.0 Å². The quantitative estimate of drug-likeness (QED) is 0.371. The number of benzene rings is 2. The fourth-order valence-corrected chi connectivity index (χ4v) is 3.87. The molecule has 2 aromatic carbocycles. The van der Waals surface area contributed by atoms with E-state index in [0.29, 0.717) is 29.2 Å². The number of ether oxygens (including phenoxy) is 4. The van der Waals surface area contributed by atoms with Crippen LogP contribution in [0.25, 0.3) is 5.69 Å². The van der Waals surface area contributed by atoms with Crippen molar-refractivity contribution in [3.8, 4) is 22.9 Å². The Labute approximate surface area is 202 Å². The molecule has 0 atom stereocenters. The van der Waals surface area contributed by atoms with Crippen LogP contribution in [0.4, 0.5) is 0 Å². The molecule has 0 aliphatic carbocycles. The van der Waals surface area contributed by atoms with Gasteiger partial charge in [-0.25, -0.2) is 0 Å². The zero-order valence-electron chi connectivity index (χ0n) is 19.8. The molecule has 1 aromatic heterocycles. The molecule has 0 radical (unpaired) electrons. The van der Waals surface area contributed by atoms with E-state index in [2.05, 4.69) is 5.32 Å². The van der Waals surface area contributed by atoms with Gasteiger partial charge in [-0.15, -0.1) is 0 Å². The molecule has 9 heteroatoms. The molecule has 182 valence electrons. The molecule has 9 nitrogen and oxygen atoms in total. The van der Waals surface area contributed by atoms with E-state index < -0.39 is 18.5 Å². The van der Waals surface area contributed by atoms with Crippen LogP contribution in [0.3, 0.4) is 0 Å². The first-order chi connectivity index (χ1) is 16.9. The first-order valence-electron chi connectivity index (χ1n) is 11.2. The van der Waals surface area contributed by atoms with Crippen molar-refractivity contribution < 1.29 is 33.3 Å². The summed E-state index contributed by atoms with van der Waals surface area (Å²) in [6.07, 6.45) is 0. The Morgan fingerprint density at radius 3 is 2.49 bits per heavy atom. The zero-order chi connectivity index (χ0) is 24.9. The van der Waals surface area contributed by atoms with Crippen LogP contribution in [-0.2, 0) is 9.53 Å². The maximum absolute atomic E-state index is 12.8. The lowest BCUT2D eigenvalue weighted by molar-refractivity contribution is -0.141. The standard InChI is InChI=1S/C26H26N2O7/c1-4-32-20-8-6-19(7-9-20)28-16(2)11-21(17(28)3)22(29)14-33-25(30)13-27-26(31)18-5-10-23-24(12-18)35-15-34-23/h5-12H,4,13-15H2,1-3H3,(H,27,31). The molecule has 0 fully saturated rings. The Balaban J connectivity index is 1.32. The molecular weight excluding hydrogens is 452 g/mol. The van der Waals surface area contributed by atoms with E-state index in [9.17, 15) is 14.4 Å². The molecule has 0 saturated heterocycles. The Hall–Kier alpha value is -4.27. The van der Waals surface area contributed by atoms with E-state index in [-0.39, 0.29) is 19.1 Å². The third-order valence-electron chi connectivity index (χ3n) is 5.53. The molecule has 0 unspecified atom stereocenters. The highest BCUT2D eigenvalue weighted by Gasteiger charge is 2.20. The van der Waals surface area contributed by atoms with Gasteiger partial charge in [0.2, 0.25) is 12.6 Å². The second kappa shape index (κ2) is 10.3. The molecule has 0 saturated carbocycles. The molecule has 0 bridgehead atoms. The van der Waals surface area contributed by atoms with Crippen LogP contribution in [0.15, 0.2) is 48.5 Å². The Morgan fingerprint density at radius 2 is 1.74 bits per heavy atom. The van der Waals surface area contributed by atoms with Gasteiger partial charge in [-0.3, -0.25) is 14.4 Å². The van der Waals surface area contributed by atoms with Gasteiger partial charge in [0.25, 0.3) is 5.91 Å². The van der Waals surface area contributed by atoms with Crippen LogP contribution >= 0.6 is 0 Å². The normalized spacial score (nSPS) is 11.7. The van der Waals surface area contributed by atoms with E-state index in [1.165, 1.54) is 6.07 Å². The van der Waals surface area contributed by atoms with Crippen molar-refractivity contribution in [1.82, 2.24) is 9.88 Å².